The van der Waals surface area contributed by atoms with Gasteiger partial charge in [0.05, 0.1) is 6.20 Å². The van der Waals surface area contributed by atoms with Crippen LogP contribution in [0.15, 0.2) is 54.7 Å². The topological polar surface area (TPSA) is 90.4 Å². The van der Waals surface area contributed by atoms with Crippen LogP contribution in [0.2, 0.25) is 10.3 Å². The molecule has 0 aliphatic rings. The lowest BCUT2D eigenvalue weighted by atomic mass is 10.1. The molecule has 2 aromatic carbocycles. The van der Waals surface area contributed by atoms with Gasteiger partial charge in [0.1, 0.15) is 5.02 Å². The summed E-state index contributed by atoms with van der Waals surface area (Å²) in [5.41, 5.74) is 2.68. The average molecular weight is 460 g/mol. The number of hydrogen-bond donors (Lipinski definition) is 3. The molecule has 162 valence electrons. The van der Waals surface area contributed by atoms with Gasteiger partial charge in [0.15, 0.2) is 5.82 Å². The minimum absolute atomic E-state index is 0.107. The molecule has 0 spiro atoms. The van der Waals surface area contributed by atoms with Crippen LogP contribution >= 0.6 is 23.2 Å². The van der Waals surface area contributed by atoms with E-state index in [0.29, 0.717) is 23.1 Å². The highest BCUT2D eigenvalue weighted by atomic mass is 35.5. The van der Waals surface area contributed by atoms with E-state index in [0.717, 1.165) is 16.9 Å². The van der Waals surface area contributed by atoms with Crippen LogP contribution in [0.5, 0.6) is 0 Å². The van der Waals surface area contributed by atoms with Crippen molar-refractivity contribution in [3.8, 4) is 0 Å². The smallest absolute Gasteiger partial charge is 0.412 e. The van der Waals surface area contributed by atoms with Gasteiger partial charge >= 0.3 is 6.09 Å². The summed E-state index contributed by atoms with van der Waals surface area (Å²) in [5.74, 6) is 0.426. The maximum Gasteiger partial charge on any atom is 0.412 e. The molecule has 0 bridgehead atoms. The van der Waals surface area contributed by atoms with Crippen molar-refractivity contribution in [1.82, 2.24) is 9.97 Å². The molecule has 9 heteroatoms. The number of carboxylic acid groups (broad SMARTS) is 1. The van der Waals surface area contributed by atoms with E-state index >= 15 is 0 Å². The Morgan fingerprint density at radius 1 is 1.10 bits per heavy atom. The van der Waals surface area contributed by atoms with Crippen molar-refractivity contribution in [1.29, 1.82) is 0 Å². The summed E-state index contributed by atoms with van der Waals surface area (Å²) in [6.07, 6.45) is 0.446. The Hall–Kier alpha value is -3.03. The molecule has 0 atom stereocenters. The number of nitrogens with one attached hydrogen (secondary N) is 2. The Morgan fingerprint density at radius 3 is 2.52 bits per heavy atom. The zero-order valence-electron chi connectivity index (χ0n) is 17.4. The summed E-state index contributed by atoms with van der Waals surface area (Å²) in [5, 5.41) is 16.6. The van der Waals surface area contributed by atoms with Crippen LogP contribution in [0.4, 0.5) is 27.7 Å². The molecule has 3 rings (SSSR count). The van der Waals surface area contributed by atoms with Gasteiger partial charge in [0.25, 0.3) is 0 Å². The number of hydrogen-bond acceptors (Lipinski definition) is 5. The molecule has 0 aliphatic carbocycles. The number of carbonyl (C=O) groups is 1. The number of halogens is 2. The predicted molar refractivity (Wildman–Crippen MR) is 126 cm³/mol. The molecule has 0 fully saturated rings. The van der Waals surface area contributed by atoms with Crippen molar-refractivity contribution >= 4 is 52.2 Å². The molecule has 1 heterocycles. The molecule has 0 saturated heterocycles. The van der Waals surface area contributed by atoms with Crippen molar-refractivity contribution in [2.45, 2.75) is 32.9 Å². The second-order valence-electron chi connectivity index (χ2n) is 7.85. The van der Waals surface area contributed by atoms with Gasteiger partial charge < -0.3 is 15.7 Å². The van der Waals surface area contributed by atoms with E-state index in [2.05, 4.69) is 20.6 Å². The first-order valence-corrected chi connectivity index (χ1v) is 10.3. The standard InChI is InChI=1S/C22H23Cl2N5O2/c1-22(2,3)29(21(30)31)17-9-5-7-15(11-17)25-12-14-6-4-8-16(10-14)27-19-18(23)13-26-20(24)28-19/h4-11,13,25H,12H2,1-3H3,(H,30,31)(H,26,27,28). The normalized spacial score (nSPS) is 11.1. The predicted octanol–water partition coefficient (Wildman–Crippen LogP) is 6.42. The molecule has 0 unspecified atom stereocenters. The third-order valence-corrected chi connectivity index (χ3v) is 4.83. The van der Waals surface area contributed by atoms with Crippen LogP contribution in [-0.2, 0) is 6.54 Å². The summed E-state index contributed by atoms with van der Waals surface area (Å²) in [7, 11) is 0. The number of nitrogens with zero attached hydrogens (tertiary/aromatic N) is 3. The molecular weight excluding hydrogens is 437 g/mol. The zero-order chi connectivity index (χ0) is 22.6. The first-order valence-electron chi connectivity index (χ1n) is 9.54. The largest absolute Gasteiger partial charge is 0.465 e. The van der Waals surface area contributed by atoms with Crippen LogP contribution < -0.4 is 15.5 Å². The highest BCUT2D eigenvalue weighted by Gasteiger charge is 2.27. The van der Waals surface area contributed by atoms with Gasteiger partial charge in [-0.05, 0) is 68.3 Å². The number of aromatic nitrogens is 2. The third-order valence-electron chi connectivity index (χ3n) is 4.37. The first kappa shape index (κ1) is 22.7. The van der Waals surface area contributed by atoms with Crippen molar-refractivity contribution in [2.75, 3.05) is 15.5 Å². The molecule has 0 radical (unpaired) electrons. The van der Waals surface area contributed by atoms with Crippen LogP contribution in [0.1, 0.15) is 26.3 Å². The SMILES string of the molecule is CC(C)(C)N(C(=O)O)c1cccc(NCc2cccc(Nc3nc(Cl)ncc3Cl)c2)c1. The van der Waals surface area contributed by atoms with E-state index in [-0.39, 0.29) is 5.28 Å². The van der Waals surface area contributed by atoms with Gasteiger partial charge in [-0.2, -0.15) is 4.98 Å². The van der Waals surface area contributed by atoms with Crippen LogP contribution in [0.25, 0.3) is 0 Å². The summed E-state index contributed by atoms with van der Waals surface area (Å²) in [4.78, 5) is 21.0. The molecule has 1 aromatic heterocycles. The number of benzene rings is 2. The molecule has 31 heavy (non-hydrogen) atoms. The monoisotopic (exact) mass is 459 g/mol. The van der Waals surface area contributed by atoms with Gasteiger partial charge in [0, 0.05) is 29.1 Å². The van der Waals surface area contributed by atoms with Gasteiger partial charge in [-0.1, -0.05) is 29.8 Å². The fourth-order valence-electron chi connectivity index (χ4n) is 3.07. The summed E-state index contributed by atoms with van der Waals surface area (Å²) < 4.78 is 0. The van der Waals surface area contributed by atoms with E-state index in [9.17, 15) is 9.90 Å². The summed E-state index contributed by atoms with van der Waals surface area (Å²) in [6, 6.07) is 15.1. The summed E-state index contributed by atoms with van der Waals surface area (Å²) in [6.45, 7) is 6.12. The third kappa shape index (κ3) is 5.99. The Kier molecular flexibility index (Phi) is 6.87. The lowest BCUT2D eigenvalue weighted by Crippen LogP contribution is -2.45. The zero-order valence-corrected chi connectivity index (χ0v) is 18.9. The fourth-order valence-corrected chi connectivity index (χ4v) is 3.34. The van der Waals surface area contributed by atoms with Crippen molar-refractivity contribution in [3.05, 3.63) is 70.6 Å². The van der Waals surface area contributed by atoms with E-state index in [1.807, 2.05) is 63.2 Å². The van der Waals surface area contributed by atoms with Crippen molar-refractivity contribution < 1.29 is 9.90 Å². The molecular formula is C22H23Cl2N5O2. The minimum atomic E-state index is -0.994. The second-order valence-corrected chi connectivity index (χ2v) is 8.60. The van der Waals surface area contributed by atoms with Gasteiger partial charge in [-0.25, -0.2) is 9.78 Å². The Morgan fingerprint density at radius 2 is 1.81 bits per heavy atom. The number of amides is 1. The fraction of sp³-hybridized carbons (Fsp3) is 0.227. The Labute approximate surface area is 191 Å². The minimum Gasteiger partial charge on any atom is -0.465 e. The number of anilines is 4. The van der Waals surface area contributed by atoms with Crippen LogP contribution in [0, 0.1) is 0 Å². The Bertz CT molecular complexity index is 1090. The molecule has 0 aliphatic heterocycles. The molecule has 7 nitrogen and oxygen atoms in total. The van der Waals surface area contributed by atoms with Crippen LogP contribution in [-0.4, -0.2) is 26.7 Å². The maximum absolute atomic E-state index is 11.7. The Balaban J connectivity index is 1.73. The molecule has 3 aromatic rings. The number of rotatable bonds is 6. The molecule has 0 saturated carbocycles. The lowest BCUT2D eigenvalue weighted by Gasteiger charge is -2.33. The molecule has 3 N–H and O–H groups in total. The van der Waals surface area contributed by atoms with Gasteiger partial charge in [0.2, 0.25) is 5.28 Å². The highest BCUT2D eigenvalue weighted by Crippen LogP contribution is 2.27. The van der Waals surface area contributed by atoms with E-state index in [1.165, 1.54) is 11.1 Å². The van der Waals surface area contributed by atoms with E-state index < -0.39 is 11.6 Å². The molecule has 1 amide bonds. The van der Waals surface area contributed by atoms with Crippen molar-refractivity contribution in [2.24, 2.45) is 0 Å². The van der Waals surface area contributed by atoms with Crippen molar-refractivity contribution in [3.63, 3.8) is 0 Å². The van der Waals surface area contributed by atoms with Crippen LogP contribution in [0.3, 0.4) is 0 Å². The lowest BCUT2D eigenvalue weighted by molar-refractivity contribution is 0.195. The summed E-state index contributed by atoms with van der Waals surface area (Å²) >= 11 is 12.0. The highest BCUT2D eigenvalue weighted by molar-refractivity contribution is 6.33. The maximum atomic E-state index is 11.7. The average Bonchev–Trinajstić information content (AvgIpc) is 2.68. The van der Waals surface area contributed by atoms with Gasteiger partial charge in [-0.15, -0.1) is 0 Å². The quantitative estimate of drug-likeness (QED) is 0.368. The van der Waals surface area contributed by atoms with E-state index in [1.54, 1.807) is 6.07 Å². The van der Waals surface area contributed by atoms with Gasteiger partial charge in [-0.3, -0.25) is 4.90 Å². The van der Waals surface area contributed by atoms with E-state index in [4.69, 9.17) is 23.2 Å². The first-order chi connectivity index (χ1) is 14.6. The second kappa shape index (κ2) is 9.41.